The summed E-state index contributed by atoms with van der Waals surface area (Å²) in [4.78, 5) is 0. The number of ether oxygens (including phenoxy) is 1. The molecule has 1 aromatic rings. The van der Waals surface area contributed by atoms with E-state index in [1.807, 2.05) is 30.3 Å². The summed E-state index contributed by atoms with van der Waals surface area (Å²) in [5.74, 6) is 0.919. The average molecular weight is 218 g/mol. The van der Waals surface area contributed by atoms with Gasteiger partial charge in [0.05, 0.1) is 18.5 Å². The zero-order chi connectivity index (χ0) is 11.4. The maximum absolute atomic E-state index is 7.37. The Kier molecular flexibility index (Phi) is 3.57. The quantitative estimate of drug-likeness (QED) is 0.569. The van der Waals surface area contributed by atoms with E-state index in [0.29, 0.717) is 6.42 Å². The van der Waals surface area contributed by atoms with Gasteiger partial charge in [-0.2, -0.15) is 0 Å². The lowest BCUT2D eigenvalue weighted by atomic mass is 10.1. The molecular formula is C13H18N2O. The first kappa shape index (κ1) is 11.1. The zero-order valence-corrected chi connectivity index (χ0v) is 9.36. The third-order valence-corrected chi connectivity index (χ3v) is 2.81. The van der Waals surface area contributed by atoms with E-state index in [1.54, 1.807) is 0 Å². The predicted octanol–water partition coefficient (Wildman–Crippen LogP) is 2.48. The first-order valence-corrected chi connectivity index (χ1v) is 5.75. The van der Waals surface area contributed by atoms with Crippen LogP contribution in [0, 0.1) is 11.3 Å². The highest BCUT2D eigenvalue weighted by molar-refractivity contribution is 5.77. The lowest BCUT2D eigenvalue weighted by Gasteiger charge is -2.17. The van der Waals surface area contributed by atoms with Gasteiger partial charge < -0.3 is 10.5 Å². The second-order valence-electron chi connectivity index (χ2n) is 4.41. The summed E-state index contributed by atoms with van der Waals surface area (Å²) in [5.41, 5.74) is 6.57. The predicted molar refractivity (Wildman–Crippen MR) is 64.4 cm³/mol. The van der Waals surface area contributed by atoms with E-state index in [2.05, 4.69) is 0 Å². The molecule has 0 aliphatic heterocycles. The van der Waals surface area contributed by atoms with Crippen molar-refractivity contribution in [2.24, 2.45) is 11.7 Å². The highest BCUT2D eigenvalue weighted by atomic mass is 16.5. The van der Waals surface area contributed by atoms with E-state index in [-0.39, 0.29) is 11.9 Å². The van der Waals surface area contributed by atoms with E-state index in [9.17, 15) is 0 Å². The van der Waals surface area contributed by atoms with Crippen molar-refractivity contribution in [2.75, 3.05) is 6.61 Å². The number of hydrogen-bond acceptors (Lipinski definition) is 2. The van der Waals surface area contributed by atoms with Crippen molar-refractivity contribution < 1.29 is 4.74 Å². The van der Waals surface area contributed by atoms with Crippen molar-refractivity contribution in [3.8, 4) is 0 Å². The smallest absolute Gasteiger partial charge is 0.0934 e. The molecule has 86 valence electrons. The van der Waals surface area contributed by atoms with Crippen LogP contribution >= 0.6 is 0 Å². The van der Waals surface area contributed by atoms with Crippen molar-refractivity contribution in [2.45, 2.75) is 25.4 Å². The molecular weight excluding hydrogens is 200 g/mol. The summed E-state index contributed by atoms with van der Waals surface area (Å²) >= 11 is 0. The first-order chi connectivity index (χ1) is 7.75. The largest absolute Gasteiger partial charge is 0.388 e. The number of hydrogen-bond donors (Lipinski definition) is 2. The second kappa shape index (κ2) is 5.12. The topological polar surface area (TPSA) is 59.1 Å². The molecule has 2 rings (SSSR count). The van der Waals surface area contributed by atoms with Crippen molar-refractivity contribution in [1.29, 1.82) is 5.41 Å². The zero-order valence-electron chi connectivity index (χ0n) is 9.36. The van der Waals surface area contributed by atoms with Gasteiger partial charge in [-0.1, -0.05) is 30.3 Å². The highest BCUT2D eigenvalue weighted by Crippen LogP contribution is 2.31. The van der Waals surface area contributed by atoms with Gasteiger partial charge in [0.15, 0.2) is 0 Å². The molecule has 16 heavy (non-hydrogen) atoms. The minimum Gasteiger partial charge on any atom is -0.388 e. The molecule has 1 aliphatic rings. The maximum Gasteiger partial charge on any atom is 0.0934 e. The third-order valence-electron chi connectivity index (χ3n) is 2.81. The minimum absolute atomic E-state index is 0.0562. The van der Waals surface area contributed by atoms with E-state index in [4.69, 9.17) is 15.9 Å². The highest BCUT2D eigenvalue weighted by Gasteiger charge is 2.23. The second-order valence-corrected chi connectivity index (χ2v) is 4.41. The van der Waals surface area contributed by atoms with Crippen LogP contribution in [0.4, 0.5) is 0 Å². The Bertz CT molecular complexity index is 346. The van der Waals surface area contributed by atoms with Crippen LogP contribution in [0.1, 0.15) is 30.9 Å². The Morgan fingerprint density at radius 1 is 1.38 bits per heavy atom. The summed E-state index contributed by atoms with van der Waals surface area (Å²) in [6, 6.07) is 10.0. The minimum atomic E-state index is -0.0562. The molecule has 0 amide bonds. The Morgan fingerprint density at radius 3 is 2.62 bits per heavy atom. The summed E-state index contributed by atoms with van der Waals surface area (Å²) < 4.78 is 5.84. The van der Waals surface area contributed by atoms with Gasteiger partial charge in [-0.25, -0.2) is 0 Å². The van der Waals surface area contributed by atoms with Crippen LogP contribution in [-0.2, 0) is 4.74 Å². The molecule has 1 aliphatic carbocycles. The van der Waals surface area contributed by atoms with Gasteiger partial charge in [0.1, 0.15) is 0 Å². The van der Waals surface area contributed by atoms with E-state index < -0.39 is 0 Å². The van der Waals surface area contributed by atoms with Gasteiger partial charge in [-0.3, -0.25) is 5.41 Å². The molecule has 0 heterocycles. The molecule has 1 saturated carbocycles. The van der Waals surface area contributed by atoms with Gasteiger partial charge in [-0.05, 0) is 24.3 Å². The molecule has 0 bridgehead atoms. The molecule has 1 fully saturated rings. The first-order valence-electron chi connectivity index (χ1n) is 5.75. The Balaban J connectivity index is 1.97. The molecule has 1 unspecified atom stereocenters. The SMILES string of the molecule is N=C(N)CC(OCC1CC1)c1ccccc1. The standard InChI is InChI=1S/C13H18N2O/c14-13(15)8-12(16-9-10-6-7-10)11-4-2-1-3-5-11/h1-5,10,12H,6-9H2,(H3,14,15). The van der Waals surface area contributed by atoms with E-state index in [1.165, 1.54) is 12.8 Å². The van der Waals surface area contributed by atoms with Gasteiger partial charge in [0, 0.05) is 6.42 Å². The van der Waals surface area contributed by atoms with Crippen LogP contribution in [-0.4, -0.2) is 12.4 Å². The van der Waals surface area contributed by atoms with Crippen LogP contribution in [0.2, 0.25) is 0 Å². The summed E-state index contributed by atoms with van der Waals surface area (Å²) in [6.45, 7) is 0.798. The van der Waals surface area contributed by atoms with Crippen LogP contribution < -0.4 is 5.73 Å². The van der Waals surface area contributed by atoms with Crippen LogP contribution in [0.15, 0.2) is 30.3 Å². The van der Waals surface area contributed by atoms with Crippen LogP contribution in [0.3, 0.4) is 0 Å². The molecule has 1 atom stereocenters. The van der Waals surface area contributed by atoms with Crippen molar-refractivity contribution >= 4 is 5.84 Å². The van der Waals surface area contributed by atoms with E-state index in [0.717, 1.165) is 18.1 Å². The van der Waals surface area contributed by atoms with E-state index >= 15 is 0 Å². The lowest BCUT2D eigenvalue weighted by Crippen LogP contribution is -2.17. The maximum atomic E-state index is 7.37. The van der Waals surface area contributed by atoms with Crippen molar-refractivity contribution in [3.63, 3.8) is 0 Å². The van der Waals surface area contributed by atoms with Gasteiger partial charge in [-0.15, -0.1) is 0 Å². The third kappa shape index (κ3) is 3.35. The normalized spacial score (nSPS) is 17.0. The molecule has 0 aromatic heterocycles. The fourth-order valence-corrected chi connectivity index (χ4v) is 1.68. The Hall–Kier alpha value is -1.35. The monoisotopic (exact) mass is 218 g/mol. The number of nitrogens with one attached hydrogen (secondary N) is 1. The number of amidine groups is 1. The fraction of sp³-hybridized carbons (Fsp3) is 0.462. The average Bonchev–Trinajstić information content (AvgIpc) is 3.09. The Labute approximate surface area is 96.1 Å². The number of rotatable bonds is 6. The molecule has 1 aromatic carbocycles. The number of nitrogens with two attached hydrogens (primary N) is 1. The summed E-state index contributed by atoms with van der Waals surface area (Å²) in [6.07, 6.45) is 2.99. The van der Waals surface area contributed by atoms with Crippen molar-refractivity contribution in [1.82, 2.24) is 0 Å². The molecule has 3 nitrogen and oxygen atoms in total. The lowest BCUT2D eigenvalue weighted by molar-refractivity contribution is 0.0498. The van der Waals surface area contributed by atoms with Gasteiger partial charge >= 0.3 is 0 Å². The van der Waals surface area contributed by atoms with Crippen LogP contribution in [0.25, 0.3) is 0 Å². The summed E-state index contributed by atoms with van der Waals surface area (Å²) in [5, 5.41) is 7.37. The molecule has 3 N–H and O–H groups in total. The molecule has 3 heteroatoms. The van der Waals surface area contributed by atoms with Crippen LogP contribution in [0.5, 0.6) is 0 Å². The fourth-order valence-electron chi connectivity index (χ4n) is 1.68. The Morgan fingerprint density at radius 2 is 2.06 bits per heavy atom. The van der Waals surface area contributed by atoms with Gasteiger partial charge in [0.2, 0.25) is 0 Å². The van der Waals surface area contributed by atoms with Crippen molar-refractivity contribution in [3.05, 3.63) is 35.9 Å². The summed E-state index contributed by atoms with van der Waals surface area (Å²) in [7, 11) is 0. The molecule has 0 radical (unpaired) electrons. The molecule has 0 spiro atoms. The number of benzene rings is 1. The van der Waals surface area contributed by atoms with Gasteiger partial charge in [0.25, 0.3) is 0 Å². The molecule has 0 saturated heterocycles.